The largest absolute Gasteiger partial charge is 0.510 e. The average Bonchev–Trinajstić information content (AvgIpc) is 2.97. The van der Waals surface area contributed by atoms with E-state index in [1.54, 1.807) is 0 Å². The van der Waals surface area contributed by atoms with Crippen molar-refractivity contribution in [3.63, 3.8) is 0 Å². The highest BCUT2D eigenvalue weighted by atomic mass is 35.5. The van der Waals surface area contributed by atoms with E-state index in [0.717, 1.165) is 12.1 Å². The molecule has 0 fully saturated rings. The Morgan fingerprint density at radius 1 is 0.689 bits per heavy atom. The van der Waals surface area contributed by atoms with E-state index in [1.807, 2.05) is 0 Å². The van der Waals surface area contributed by atoms with E-state index in [9.17, 15) is 31.5 Å². The molecule has 9 nitrogen and oxygen atoms in total. The number of benzene rings is 3. The number of rotatable bonds is 10. The molecule has 2 atom stereocenters. The molecule has 1 aliphatic rings. The van der Waals surface area contributed by atoms with Crippen LogP contribution in [0, 0.1) is 0 Å². The van der Waals surface area contributed by atoms with Crippen LogP contribution in [0.1, 0.15) is 25.3 Å². The molecule has 0 heterocycles. The summed E-state index contributed by atoms with van der Waals surface area (Å²) in [5.41, 5.74) is -1.33. The zero-order valence-corrected chi connectivity index (χ0v) is 27.8. The molecule has 0 aliphatic heterocycles. The third kappa shape index (κ3) is 7.23. The van der Waals surface area contributed by atoms with Gasteiger partial charge in [0.05, 0.1) is 45.8 Å². The van der Waals surface area contributed by atoms with E-state index in [1.165, 1.54) is 74.5 Å². The molecule has 0 bridgehead atoms. The maximum Gasteiger partial charge on any atom is 0.338 e. The van der Waals surface area contributed by atoms with Gasteiger partial charge in [0.25, 0.3) is 0 Å². The Hall–Kier alpha value is -3.35. The Morgan fingerprint density at radius 3 is 1.58 bits per heavy atom. The van der Waals surface area contributed by atoms with Crippen molar-refractivity contribution in [3.8, 4) is 0 Å². The van der Waals surface area contributed by atoms with Gasteiger partial charge in [-0.1, -0.05) is 46.9 Å². The summed E-state index contributed by atoms with van der Waals surface area (Å²) in [5, 5.41) is 10.4. The maximum absolute atomic E-state index is 14.3. The van der Waals surface area contributed by atoms with Crippen molar-refractivity contribution < 1.29 is 41.0 Å². The van der Waals surface area contributed by atoms with Crippen molar-refractivity contribution in [2.45, 2.75) is 34.8 Å². The first-order valence-corrected chi connectivity index (χ1v) is 17.8. The third-order valence-electron chi connectivity index (χ3n) is 6.93. The van der Waals surface area contributed by atoms with Gasteiger partial charge in [-0.3, -0.25) is 0 Å². The van der Waals surface area contributed by atoms with E-state index in [2.05, 4.69) is 0 Å². The Balaban J connectivity index is 2.14. The Kier molecular flexibility index (Phi) is 10.7. The fourth-order valence-electron chi connectivity index (χ4n) is 4.98. The SMILES string of the molecule is CCOC(=O)C1=C(O)[C@H](S(=O)(=O)c2ccc(Cl)cc2)C(CS(=O)(=O)c2ccc(Cl)cc2)=C(C(=O)OCC)[C@@H]1c1ccc(Cl)cc1. The lowest BCUT2D eigenvalue weighted by Gasteiger charge is -2.34. The second-order valence-corrected chi connectivity index (χ2v) is 15.1. The minimum Gasteiger partial charge on any atom is -0.510 e. The number of sulfone groups is 2. The molecule has 4 rings (SSSR count). The minimum absolute atomic E-state index is 0.159. The van der Waals surface area contributed by atoms with Crippen LogP contribution in [0.2, 0.25) is 15.1 Å². The van der Waals surface area contributed by atoms with Crippen LogP contribution < -0.4 is 0 Å². The molecule has 0 radical (unpaired) electrons. The lowest BCUT2D eigenvalue weighted by Crippen LogP contribution is -2.40. The van der Waals surface area contributed by atoms with Crippen LogP contribution in [0.3, 0.4) is 0 Å². The molecule has 3 aromatic rings. The number of hydrogen-bond donors (Lipinski definition) is 1. The van der Waals surface area contributed by atoms with Gasteiger partial charge in [0.2, 0.25) is 0 Å². The lowest BCUT2D eigenvalue weighted by atomic mass is 9.76. The number of ether oxygens (including phenoxy) is 2. The van der Waals surface area contributed by atoms with Gasteiger partial charge in [-0.15, -0.1) is 0 Å². The van der Waals surface area contributed by atoms with Crippen molar-refractivity contribution >= 4 is 66.4 Å². The number of hydrogen-bond acceptors (Lipinski definition) is 9. The topological polar surface area (TPSA) is 141 Å². The minimum atomic E-state index is -4.76. The normalized spacial score (nSPS) is 17.3. The van der Waals surface area contributed by atoms with Crippen LogP contribution in [-0.2, 0) is 38.7 Å². The number of esters is 2. The summed E-state index contributed by atoms with van der Waals surface area (Å²) in [6.07, 6.45) is 0. The Labute approximate surface area is 275 Å². The zero-order chi connectivity index (χ0) is 33.1. The van der Waals surface area contributed by atoms with Crippen molar-refractivity contribution in [3.05, 3.63) is 116 Å². The quantitative estimate of drug-likeness (QED) is 0.240. The molecule has 45 heavy (non-hydrogen) atoms. The molecule has 238 valence electrons. The predicted molar refractivity (Wildman–Crippen MR) is 170 cm³/mol. The van der Waals surface area contributed by atoms with E-state index in [4.69, 9.17) is 44.3 Å². The highest BCUT2D eigenvalue weighted by Crippen LogP contribution is 2.46. The van der Waals surface area contributed by atoms with Crippen LogP contribution in [0.15, 0.2) is 105 Å². The first-order chi connectivity index (χ1) is 21.2. The van der Waals surface area contributed by atoms with Gasteiger partial charge in [0.15, 0.2) is 19.7 Å². The molecule has 0 unspecified atom stereocenters. The van der Waals surface area contributed by atoms with Crippen LogP contribution >= 0.6 is 34.8 Å². The molecule has 14 heteroatoms. The summed E-state index contributed by atoms with van der Waals surface area (Å²) in [6.45, 7) is 2.67. The predicted octanol–water partition coefficient (Wildman–Crippen LogP) is 6.30. The molecule has 0 amide bonds. The molecule has 0 saturated heterocycles. The monoisotopic (exact) mass is 712 g/mol. The highest BCUT2D eigenvalue weighted by molar-refractivity contribution is 7.93. The van der Waals surface area contributed by atoms with E-state index >= 15 is 0 Å². The van der Waals surface area contributed by atoms with Gasteiger partial charge < -0.3 is 14.6 Å². The van der Waals surface area contributed by atoms with Gasteiger partial charge in [-0.05, 0) is 85.6 Å². The lowest BCUT2D eigenvalue weighted by molar-refractivity contribution is -0.139. The number of carbonyl (C=O) groups is 2. The van der Waals surface area contributed by atoms with Gasteiger partial charge in [0, 0.05) is 15.1 Å². The second kappa shape index (κ2) is 14.0. The molecule has 1 N–H and O–H groups in total. The third-order valence-corrected chi connectivity index (χ3v) is 11.4. The summed E-state index contributed by atoms with van der Waals surface area (Å²) in [5.74, 6) is -5.76. The van der Waals surface area contributed by atoms with Crippen molar-refractivity contribution in [1.29, 1.82) is 0 Å². The van der Waals surface area contributed by atoms with Gasteiger partial charge in [-0.2, -0.15) is 0 Å². The molecular formula is C31H27Cl3O9S2. The van der Waals surface area contributed by atoms with Crippen LogP contribution in [0.5, 0.6) is 0 Å². The summed E-state index contributed by atoms with van der Waals surface area (Å²) in [7, 11) is -9.16. The standard InChI is InChI=1S/C31H27Cl3O9S2/c1-3-42-30(36)26-24(17-44(38,39)22-13-9-20(33)10-14-22)29(45(40,41)23-15-11-21(34)12-16-23)28(35)27(31(37)43-4-2)25(26)18-5-7-19(32)8-6-18/h5-16,25,29,35H,3-4,17H2,1-2H3/t25-,29+/m0/s1. The highest BCUT2D eigenvalue weighted by Gasteiger charge is 2.50. The van der Waals surface area contributed by atoms with Gasteiger partial charge in [-0.25, -0.2) is 26.4 Å². The first kappa shape index (κ1) is 34.5. The molecule has 1 aliphatic carbocycles. The number of aliphatic hydroxyl groups excluding tert-OH is 1. The van der Waals surface area contributed by atoms with E-state index in [0.29, 0.717) is 5.02 Å². The van der Waals surface area contributed by atoms with Crippen LogP contribution in [-0.4, -0.2) is 58.1 Å². The van der Waals surface area contributed by atoms with E-state index < -0.39 is 71.0 Å². The fourth-order valence-corrected chi connectivity index (χ4v) is 8.71. The molecule has 0 saturated carbocycles. The van der Waals surface area contributed by atoms with Crippen molar-refractivity contribution in [2.75, 3.05) is 19.0 Å². The fraction of sp³-hybridized carbons (Fsp3) is 0.226. The van der Waals surface area contributed by atoms with Crippen molar-refractivity contribution in [2.24, 2.45) is 0 Å². The average molecular weight is 714 g/mol. The van der Waals surface area contributed by atoms with Crippen LogP contribution in [0.25, 0.3) is 0 Å². The smallest absolute Gasteiger partial charge is 0.338 e. The first-order valence-electron chi connectivity index (χ1n) is 13.5. The zero-order valence-electron chi connectivity index (χ0n) is 23.9. The van der Waals surface area contributed by atoms with Gasteiger partial charge in [0.1, 0.15) is 11.0 Å². The van der Waals surface area contributed by atoms with Gasteiger partial charge >= 0.3 is 11.9 Å². The second-order valence-electron chi connectivity index (χ2n) is 9.76. The van der Waals surface area contributed by atoms with Crippen LogP contribution in [0.4, 0.5) is 0 Å². The number of aliphatic hydroxyl groups is 1. The molecule has 0 aromatic heterocycles. The Bertz CT molecular complexity index is 1880. The summed E-state index contributed by atoms with van der Waals surface area (Å²) in [6, 6.07) is 15.9. The number of halogens is 3. The summed E-state index contributed by atoms with van der Waals surface area (Å²) in [4.78, 5) is 26.7. The van der Waals surface area contributed by atoms with E-state index in [-0.39, 0.29) is 38.6 Å². The molecular weight excluding hydrogens is 687 g/mol. The summed E-state index contributed by atoms with van der Waals surface area (Å²) >= 11 is 18.0. The maximum atomic E-state index is 14.3. The van der Waals surface area contributed by atoms with Crippen molar-refractivity contribution in [1.82, 2.24) is 0 Å². The Morgan fingerprint density at radius 2 is 1.11 bits per heavy atom. The molecule has 3 aromatic carbocycles. The molecule has 0 spiro atoms. The number of carbonyl (C=O) groups excluding carboxylic acids is 2. The summed E-state index contributed by atoms with van der Waals surface area (Å²) < 4.78 is 66.9.